The monoisotopic (exact) mass is 652 g/mol. The summed E-state index contributed by atoms with van der Waals surface area (Å²) in [5.41, 5.74) is 3.82. The van der Waals surface area contributed by atoms with Gasteiger partial charge in [0.05, 0.1) is 35.6 Å². The molecule has 0 N–H and O–H groups in total. The third-order valence-electron chi connectivity index (χ3n) is 8.27. The highest BCUT2D eigenvalue weighted by molar-refractivity contribution is 7.07. The molecule has 5 aromatic carbocycles. The second-order valence-electron chi connectivity index (χ2n) is 11.2. The van der Waals surface area contributed by atoms with Gasteiger partial charge >= 0.3 is 5.97 Å². The van der Waals surface area contributed by atoms with Crippen LogP contribution in [0.2, 0.25) is 0 Å². The van der Waals surface area contributed by atoms with Gasteiger partial charge in [0.15, 0.2) is 4.80 Å². The number of benzene rings is 5. The number of nitrogens with zero attached hydrogens (tertiary/aromatic N) is 2. The van der Waals surface area contributed by atoms with E-state index in [-0.39, 0.29) is 12.2 Å². The van der Waals surface area contributed by atoms with Crippen molar-refractivity contribution in [3.63, 3.8) is 0 Å². The first-order chi connectivity index (χ1) is 23.6. The Kier molecular flexibility index (Phi) is 8.72. The Labute approximate surface area is 281 Å². The maximum Gasteiger partial charge on any atom is 0.338 e. The minimum atomic E-state index is -0.776. The Morgan fingerprint density at radius 3 is 2.40 bits per heavy atom. The fraction of sp³-hybridized carbons (Fsp3) is 0.125. The summed E-state index contributed by atoms with van der Waals surface area (Å²) < 4.78 is 19.4. The molecule has 8 heteroatoms. The summed E-state index contributed by atoms with van der Waals surface area (Å²) in [5.74, 6) is 0.791. The number of rotatable bonds is 9. The normalized spacial score (nSPS) is 14.4. The van der Waals surface area contributed by atoms with Gasteiger partial charge in [-0.3, -0.25) is 9.36 Å². The standard InChI is InChI=1S/C40H32N2O5S/c1-3-46-39(44)35-36(27-13-5-4-6-14-27)41-40-42(37(35)28-20-22-31(45-2)23-21-28)38(43)34(48-40)24-29-15-8-10-19-33(29)47-25-30-17-11-16-26-12-7-9-18-32(26)30/h4-24,37H,3,25H2,1-2H3/b34-24+/t37-/m1/s1. The van der Waals surface area contributed by atoms with Crippen LogP contribution in [0.4, 0.5) is 0 Å². The molecule has 1 aromatic heterocycles. The molecule has 48 heavy (non-hydrogen) atoms. The zero-order chi connectivity index (χ0) is 33.0. The van der Waals surface area contributed by atoms with Crippen molar-refractivity contribution >= 4 is 39.9 Å². The predicted molar refractivity (Wildman–Crippen MR) is 189 cm³/mol. The number of hydrogen-bond acceptors (Lipinski definition) is 7. The molecule has 2 heterocycles. The first-order valence-corrected chi connectivity index (χ1v) is 16.5. The zero-order valence-electron chi connectivity index (χ0n) is 26.5. The molecule has 0 unspecified atom stereocenters. The second kappa shape index (κ2) is 13.6. The number of para-hydroxylation sites is 1. The van der Waals surface area contributed by atoms with Crippen LogP contribution in [0.15, 0.2) is 137 Å². The number of fused-ring (bicyclic) bond motifs is 2. The van der Waals surface area contributed by atoms with Crippen LogP contribution in [-0.4, -0.2) is 24.3 Å². The fourth-order valence-electron chi connectivity index (χ4n) is 5.99. The van der Waals surface area contributed by atoms with E-state index in [1.54, 1.807) is 18.6 Å². The van der Waals surface area contributed by atoms with Crippen LogP contribution in [0.5, 0.6) is 11.5 Å². The van der Waals surface area contributed by atoms with Crippen molar-refractivity contribution in [2.24, 2.45) is 4.99 Å². The summed E-state index contributed by atoms with van der Waals surface area (Å²) in [6.07, 6.45) is 1.84. The van der Waals surface area contributed by atoms with Gasteiger partial charge in [0.1, 0.15) is 18.1 Å². The molecule has 0 saturated carbocycles. The molecular weight excluding hydrogens is 621 g/mol. The van der Waals surface area contributed by atoms with E-state index in [0.717, 1.165) is 33.0 Å². The SMILES string of the molecule is CCOC(=O)C1=C(c2ccccc2)N=c2s/c(=C/c3ccccc3OCc3cccc4ccccc34)c(=O)n2[C@@H]1c1ccc(OC)cc1. The van der Waals surface area contributed by atoms with Gasteiger partial charge in [-0.1, -0.05) is 114 Å². The lowest BCUT2D eigenvalue weighted by molar-refractivity contribution is -0.138. The van der Waals surface area contributed by atoms with E-state index in [9.17, 15) is 9.59 Å². The van der Waals surface area contributed by atoms with E-state index in [4.69, 9.17) is 19.2 Å². The van der Waals surface area contributed by atoms with Crippen LogP contribution in [0.1, 0.15) is 35.2 Å². The van der Waals surface area contributed by atoms with Crippen LogP contribution in [-0.2, 0) is 16.1 Å². The molecule has 0 fully saturated rings. The molecule has 0 radical (unpaired) electrons. The van der Waals surface area contributed by atoms with Crippen molar-refractivity contribution in [1.29, 1.82) is 0 Å². The molecule has 1 aliphatic heterocycles. The zero-order valence-corrected chi connectivity index (χ0v) is 27.3. The molecule has 7 rings (SSSR count). The summed E-state index contributed by atoms with van der Waals surface area (Å²) in [6.45, 7) is 2.31. The fourth-order valence-corrected chi connectivity index (χ4v) is 6.98. The highest BCUT2D eigenvalue weighted by Crippen LogP contribution is 2.36. The summed E-state index contributed by atoms with van der Waals surface area (Å²) in [5, 5.41) is 2.28. The Morgan fingerprint density at radius 1 is 0.875 bits per heavy atom. The smallest absolute Gasteiger partial charge is 0.338 e. The lowest BCUT2D eigenvalue weighted by Crippen LogP contribution is -2.40. The number of esters is 1. The van der Waals surface area contributed by atoms with Crippen LogP contribution in [0.3, 0.4) is 0 Å². The molecule has 238 valence electrons. The highest BCUT2D eigenvalue weighted by Gasteiger charge is 2.35. The van der Waals surface area contributed by atoms with Gasteiger partial charge in [0, 0.05) is 11.1 Å². The molecule has 7 nitrogen and oxygen atoms in total. The van der Waals surface area contributed by atoms with Crippen molar-refractivity contribution in [3.05, 3.63) is 169 Å². The van der Waals surface area contributed by atoms with E-state index in [0.29, 0.717) is 38.7 Å². The molecule has 0 amide bonds. The molecule has 0 saturated heterocycles. The lowest BCUT2D eigenvalue weighted by atomic mass is 9.93. The maximum atomic E-state index is 14.4. The Bertz CT molecular complexity index is 2330. The Hall–Kier alpha value is -5.73. The average Bonchev–Trinajstić information content (AvgIpc) is 3.44. The number of carbonyl (C=O) groups excluding carboxylic acids is 1. The average molecular weight is 653 g/mol. The van der Waals surface area contributed by atoms with Gasteiger partial charge in [0.2, 0.25) is 0 Å². The quantitative estimate of drug-likeness (QED) is 0.163. The van der Waals surface area contributed by atoms with Crippen molar-refractivity contribution in [1.82, 2.24) is 4.57 Å². The molecule has 0 bridgehead atoms. The number of thiazole rings is 1. The minimum Gasteiger partial charge on any atom is -0.497 e. The summed E-state index contributed by atoms with van der Waals surface area (Å²) in [7, 11) is 1.60. The maximum absolute atomic E-state index is 14.4. The van der Waals surface area contributed by atoms with Crippen molar-refractivity contribution < 1.29 is 19.0 Å². The number of carbonyl (C=O) groups is 1. The summed E-state index contributed by atoms with van der Waals surface area (Å²) in [4.78, 5) is 33.5. The van der Waals surface area contributed by atoms with Crippen molar-refractivity contribution in [2.75, 3.05) is 13.7 Å². The number of aromatic nitrogens is 1. The van der Waals surface area contributed by atoms with E-state index < -0.39 is 12.0 Å². The second-order valence-corrected chi connectivity index (χ2v) is 12.2. The Balaban J connectivity index is 1.36. The first-order valence-electron chi connectivity index (χ1n) is 15.7. The number of methoxy groups -OCH3 is 1. The van der Waals surface area contributed by atoms with E-state index in [2.05, 4.69) is 24.3 Å². The van der Waals surface area contributed by atoms with Crippen molar-refractivity contribution in [2.45, 2.75) is 19.6 Å². The van der Waals surface area contributed by atoms with Crippen LogP contribution in [0, 0.1) is 0 Å². The largest absolute Gasteiger partial charge is 0.497 e. The van der Waals surface area contributed by atoms with Gasteiger partial charge in [-0.2, -0.15) is 0 Å². The molecular formula is C40H32N2O5S. The third-order valence-corrected chi connectivity index (χ3v) is 9.26. The van der Waals surface area contributed by atoms with Crippen LogP contribution >= 0.6 is 11.3 Å². The lowest BCUT2D eigenvalue weighted by Gasteiger charge is -2.26. The molecule has 1 aliphatic rings. The number of hydrogen-bond donors (Lipinski definition) is 0. The highest BCUT2D eigenvalue weighted by atomic mass is 32.1. The topological polar surface area (TPSA) is 79.1 Å². The predicted octanol–water partition coefficient (Wildman–Crippen LogP) is 6.68. The van der Waals surface area contributed by atoms with Gasteiger partial charge < -0.3 is 14.2 Å². The van der Waals surface area contributed by atoms with Crippen molar-refractivity contribution in [3.8, 4) is 11.5 Å². The van der Waals surface area contributed by atoms with Crippen LogP contribution < -0.4 is 24.4 Å². The molecule has 0 spiro atoms. The van der Waals surface area contributed by atoms with Gasteiger partial charge in [-0.05, 0) is 53.1 Å². The molecule has 1 atom stereocenters. The van der Waals surface area contributed by atoms with Gasteiger partial charge in [-0.25, -0.2) is 9.79 Å². The van der Waals surface area contributed by atoms with E-state index >= 15 is 0 Å². The minimum absolute atomic E-state index is 0.180. The summed E-state index contributed by atoms with van der Waals surface area (Å²) >= 11 is 1.28. The first kappa shape index (κ1) is 30.9. The number of ether oxygens (including phenoxy) is 3. The van der Waals surface area contributed by atoms with Gasteiger partial charge in [-0.15, -0.1) is 0 Å². The summed E-state index contributed by atoms with van der Waals surface area (Å²) in [6, 6.07) is 38.2. The molecule has 0 aliphatic carbocycles. The Morgan fingerprint density at radius 2 is 1.60 bits per heavy atom. The molecule has 6 aromatic rings. The van der Waals surface area contributed by atoms with E-state index in [1.165, 1.54) is 11.3 Å². The third kappa shape index (κ3) is 5.94. The van der Waals surface area contributed by atoms with Gasteiger partial charge in [0.25, 0.3) is 5.56 Å². The van der Waals surface area contributed by atoms with Crippen LogP contribution in [0.25, 0.3) is 22.5 Å². The van der Waals surface area contributed by atoms with E-state index in [1.807, 2.05) is 103 Å².